The minimum absolute atomic E-state index is 0.0541. The van der Waals surface area contributed by atoms with Gasteiger partial charge in [-0.25, -0.2) is 5.21 Å². The first kappa shape index (κ1) is 8.66. The third-order valence-corrected chi connectivity index (χ3v) is 2.67. The number of amidine groups is 1. The molecule has 0 radical (unpaired) electrons. The molecule has 1 aromatic rings. The summed E-state index contributed by atoms with van der Waals surface area (Å²) in [5.41, 5.74) is 0.490. The molecule has 2 heterocycles. The number of fused-ring (bicyclic) bond motifs is 1. The maximum absolute atomic E-state index is 10.7. The summed E-state index contributed by atoms with van der Waals surface area (Å²) in [4.78, 5) is 0. The fraction of sp³-hybridized carbons (Fsp3) is 0. The van der Waals surface area contributed by atoms with Crippen LogP contribution in [-0.2, 0) is 0 Å². The van der Waals surface area contributed by atoms with Crippen molar-refractivity contribution >= 4 is 29.0 Å². The Balaban J connectivity index is 2.46. The Morgan fingerprint density at radius 1 is 1.69 bits per heavy atom. The molecule has 1 aromatic heterocycles. The van der Waals surface area contributed by atoms with Gasteiger partial charge in [0.15, 0.2) is 0 Å². The van der Waals surface area contributed by atoms with Gasteiger partial charge in [0.2, 0.25) is 0 Å². The first-order chi connectivity index (χ1) is 6.20. The molecule has 0 amide bonds. The van der Waals surface area contributed by atoms with Crippen molar-refractivity contribution in [2.75, 3.05) is 0 Å². The molecule has 1 aliphatic heterocycles. The predicted molar refractivity (Wildman–Crippen MR) is 47.7 cm³/mol. The van der Waals surface area contributed by atoms with Crippen LogP contribution < -0.4 is 15.3 Å². The molecular weight excluding hydrogens is 193 g/mol. The molecule has 4 N–H and O–H groups in total. The van der Waals surface area contributed by atoms with Crippen molar-refractivity contribution < 1.29 is 15.5 Å². The van der Waals surface area contributed by atoms with Gasteiger partial charge in [-0.2, -0.15) is 16.6 Å². The van der Waals surface area contributed by atoms with E-state index in [1.165, 1.54) is 11.3 Å². The van der Waals surface area contributed by atoms with E-state index in [9.17, 15) is 10.2 Å². The normalized spacial score (nSPS) is 17.5. The number of thiophene rings is 1. The lowest BCUT2D eigenvalue weighted by molar-refractivity contribution is -0.968. The monoisotopic (exact) mass is 199 g/mol. The van der Waals surface area contributed by atoms with Crippen LogP contribution in [0, 0.1) is 5.21 Å². The Kier molecular flexibility index (Phi) is 2.06. The summed E-state index contributed by atoms with van der Waals surface area (Å²) in [6.07, 6.45) is 0. The van der Waals surface area contributed by atoms with Gasteiger partial charge in [-0.1, -0.05) is 0 Å². The van der Waals surface area contributed by atoms with Crippen LogP contribution >= 0.6 is 11.3 Å². The fourth-order valence-electron chi connectivity index (χ4n) is 1.14. The Morgan fingerprint density at radius 2 is 2.46 bits per heavy atom. The number of hydroxylamine groups is 2. The lowest BCUT2D eigenvalue weighted by atomic mass is 9.79. The van der Waals surface area contributed by atoms with Gasteiger partial charge in [0.25, 0.3) is 5.84 Å². The molecule has 1 unspecified atom stereocenters. The predicted octanol–water partition coefficient (Wildman–Crippen LogP) is -2.53. The van der Waals surface area contributed by atoms with Crippen LogP contribution in [0.2, 0.25) is 0 Å². The van der Waals surface area contributed by atoms with E-state index in [2.05, 4.69) is 10.4 Å². The van der Waals surface area contributed by atoms with E-state index in [4.69, 9.17) is 5.21 Å². The van der Waals surface area contributed by atoms with Crippen molar-refractivity contribution in [1.29, 1.82) is 0 Å². The highest BCUT2D eigenvalue weighted by Gasteiger charge is 2.30. The van der Waals surface area contributed by atoms with E-state index in [0.717, 1.165) is 0 Å². The van der Waals surface area contributed by atoms with Crippen LogP contribution in [0.25, 0.3) is 0 Å². The topological polar surface area (TPSA) is 92.4 Å². The van der Waals surface area contributed by atoms with E-state index in [1.54, 1.807) is 11.4 Å². The van der Waals surface area contributed by atoms with Crippen molar-refractivity contribution in [3.63, 3.8) is 0 Å². The minimum Gasteiger partial charge on any atom is -0.594 e. The Labute approximate surface area is 77.8 Å². The molecule has 2 rings (SSSR count). The van der Waals surface area contributed by atoms with Gasteiger partial charge < -0.3 is 15.6 Å². The molecule has 0 saturated carbocycles. The SMILES string of the molecule is [O-][NH+](O)C1=NNB(O)c2sccc21. The number of rotatable bonds is 0. The molecule has 68 valence electrons. The zero-order chi connectivity index (χ0) is 9.42. The summed E-state index contributed by atoms with van der Waals surface area (Å²) in [6.45, 7) is 0. The Bertz CT molecular complexity index is 353. The summed E-state index contributed by atoms with van der Waals surface area (Å²) in [6, 6.07) is 1.64. The molecule has 1 atom stereocenters. The number of hydrazone groups is 1. The highest BCUT2D eigenvalue weighted by molar-refractivity contribution is 7.21. The zero-order valence-corrected chi connectivity index (χ0v) is 7.21. The minimum atomic E-state index is -1.10. The number of hydrogen-bond donors (Lipinski definition) is 4. The van der Waals surface area contributed by atoms with Gasteiger partial charge in [0.05, 0.1) is 5.56 Å². The maximum atomic E-state index is 10.7. The van der Waals surface area contributed by atoms with Crippen LogP contribution in [0.3, 0.4) is 0 Å². The lowest BCUT2D eigenvalue weighted by Crippen LogP contribution is -3.08. The van der Waals surface area contributed by atoms with E-state index >= 15 is 0 Å². The highest BCUT2D eigenvalue weighted by atomic mass is 32.1. The zero-order valence-electron chi connectivity index (χ0n) is 6.39. The van der Waals surface area contributed by atoms with Crippen molar-refractivity contribution in [1.82, 2.24) is 5.34 Å². The largest absolute Gasteiger partial charge is 0.594 e. The Hall–Kier alpha value is -0.925. The van der Waals surface area contributed by atoms with Crippen molar-refractivity contribution in [2.24, 2.45) is 5.10 Å². The van der Waals surface area contributed by atoms with Gasteiger partial charge in [-0.05, 0) is 11.4 Å². The van der Waals surface area contributed by atoms with Crippen molar-refractivity contribution in [3.8, 4) is 0 Å². The van der Waals surface area contributed by atoms with Gasteiger partial charge in [-0.15, -0.1) is 5.10 Å². The number of nitrogens with zero attached hydrogens (tertiary/aromatic N) is 1. The quantitative estimate of drug-likeness (QED) is 0.274. The van der Waals surface area contributed by atoms with Crippen LogP contribution in [0.15, 0.2) is 16.5 Å². The average Bonchev–Trinajstić information content (AvgIpc) is 2.53. The molecule has 8 heteroatoms. The fourth-order valence-corrected chi connectivity index (χ4v) is 1.96. The number of hydrogen-bond acceptors (Lipinski definition) is 6. The van der Waals surface area contributed by atoms with Crippen LogP contribution in [0.1, 0.15) is 5.56 Å². The molecule has 0 aliphatic carbocycles. The van der Waals surface area contributed by atoms with Crippen LogP contribution in [0.4, 0.5) is 0 Å². The summed E-state index contributed by atoms with van der Waals surface area (Å²) in [5, 5.41) is 35.3. The van der Waals surface area contributed by atoms with Crippen LogP contribution in [-0.4, -0.2) is 23.1 Å². The average molecular weight is 199 g/mol. The summed E-state index contributed by atoms with van der Waals surface area (Å²) < 4.78 is 0.590. The van der Waals surface area contributed by atoms with Gasteiger partial charge in [0.1, 0.15) is 0 Å². The molecule has 1 aliphatic rings. The summed E-state index contributed by atoms with van der Waals surface area (Å²) in [7, 11) is -0.891. The second-order valence-electron chi connectivity index (χ2n) is 2.50. The second kappa shape index (κ2) is 3.09. The first-order valence-corrected chi connectivity index (χ1v) is 4.40. The molecular formula is C5H6BN3O3S. The second-order valence-corrected chi connectivity index (χ2v) is 3.44. The smallest absolute Gasteiger partial charge is 0.475 e. The highest BCUT2D eigenvalue weighted by Crippen LogP contribution is 2.06. The van der Waals surface area contributed by atoms with Crippen molar-refractivity contribution in [3.05, 3.63) is 22.2 Å². The molecule has 0 aromatic carbocycles. The summed E-state index contributed by atoms with van der Waals surface area (Å²) >= 11 is 1.30. The molecule has 13 heavy (non-hydrogen) atoms. The maximum Gasteiger partial charge on any atom is 0.475 e. The molecule has 0 bridgehead atoms. The summed E-state index contributed by atoms with van der Waals surface area (Å²) in [5.74, 6) is -0.0541. The van der Waals surface area contributed by atoms with Crippen LogP contribution in [0.5, 0.6) is 0 Å². The third kappa shape index (κ3) is 1.34. The van der Waals surface area contributed by atoms with Gasteiger partial charge >= 0.3 is 7.05 Å². The molecule has 0 spiro atoms. The lowest BCUT2D eigenvalue weighted by Gasteiger charge is -2.18. The number of nitrogens with one attached hydrogen (secondary N) is 2. The third-order valence-electron chi connectivity index (χ3n) is 1.70. The molecule has 0 saturated heterocycles. The van der Waals surface area contributed by atoms with Gasteiger partial charge in [0, 0.05) is 4.78 Å². The van der Waals surface area contributed by atoms with Gasteiger partial charge in [-0.3, -0.25) is 0 Å². The van der Waals surface area contributed by atoms with E-state index in [1.807, 2.05) is 0 Å². The van der Waals surface area contributed by atoms with E-state index in [-0.39, 0.29) is 5.84 Å². The standard InChI is InChI=1S/C5H6BN3O3S/c10-6-4-3(1-2-13-4)5(7-8-6)9(11)12/h1-2,8-11H. The molecule has 0 fully saturated rings. The Morgan fingerprint density at radius 3 is 3.15 bits per heavy atom. The van der Waals surface area contributed by atoms with E-state index in [0.29, 0.717) is 10.3 Å². The first-order valence-electron chi connectivity index (χ1n) is 3.52. The number of quaternary nitrogens is 1. The van der Waals surface area contributed by atoms with E-state index < -0.39 is 12.3 Å². The molecule has 6 nitrogen and oxygen atoms in total. The van der Waals surface area contributed by atoms with Crippen molar-refractivity contribution in [2.45, 2.75) is 0 Å².